The van der Waals surface area contributed by atoms with Crippen molar-refractivity contribution in [2.24, 2.45) is 0 Å². The van der Waals surface area contributed by atoms with Crippen LogP contribution in [-0.4, -0.2) is 69.3 Å². The first kappa shape index (κ1) is 27.1. The molecule has 1 aliphatic heterocycles. The lowest BCUT2D eigenvalue weighted by Crippen LogP contribution is -2.49. The van der Waals surface area contributed by atoms with Crippen LogP contribution in [-0.2, 0) is 10.0 Å². The molecule has 1 unspecified atom stereocenters. The molecule has 1 saturated carbocycles. The average molecular weight is 587 g/mol. The van der Waals surface area contributed by atoms with E-state index in [1.54, 1.807) is 24.3 Å². The topological polar surface area (TPSA) is 144 Å². The van der Waals surface area contributed by atoms with Crippen molar-refractivity contribution in [1.82, 2.24) is 20.3 Å². The highest BCUT2D eigenvalue weighted by molar-refractivity contribution is 7.93. The highest BCUT2D eigenvalue weighted by Crippen LogP contribution is 2.42. The van der Waals surface area contributed by atoms with E-state index in [-0.39, 0.29) is 28.3 Å². The second-order valence-electron chi connectivity index (χ2n) is 10.3. The van der Waals surface area contributed by atoms with Crippen molar-refractivity contribution >= 4 is 38.3 Å². The Labute approximate surface area is 236 Å². The molecule has 1 saturated heterocycles. The van der Waals surface area contributed by atoms with Crippen molar-refractivity contribution in [2.45, 2.75) is 42.8 Å². The highest BCUT2D eigenvalue weighted by atomic mass is 32.2. The number of aromatic amines is 1. The molecule has 2 fully saturated rings. The molecule has 0 bridgehead atoms. The molecule has 12 nitrogen and oxygen atoms in total. The molecule has 14 heteroatoms. The number of nitrogens with zero attached hydrogens (tertiary/aromatic N) is 3. The Morgan fingerprint density at radius 1 is 1.05 bits per heavy atom. The fourth-order valence-electron chi connectivity index (χ4n) is 5.01. The highest BCUT2D eigenvalue weighted by Gasteiger charge is 2.34. The SMILES string of the molecule is COc1cc2c(NS(=O)(=O)c3c(OC)cc(C(C)N4CC(F)C4)cc3OC)noc2cc1Nc1cc(C2CC2)n[nH]1. The predicted molar refractivity (Wildman–Crippen MR) is 150 cm³/mol. The zero-order chi connectivity index (χ0) is 28.9. The largest absolute Gasteiger partial charge is 0.495 e. The van der Waals surface area contributed by atoms with Crippen LogP contribution in [0.5, 0.6) is 17.2 Å². The Hall–Kier alpha value is -4.04. The number of rotatable bonds is 11. The van der Waals surface area contributed by atoms with Crippen LogP contribution in [0.3, 0.4) is 0 Å². The van der Waals surface area contributed by atoms with E-state index in [1.807, 2.05) is 17.9 Å². The standard InChI is InChI=1S/C27H31FN6O6S/c1-14(34-12-17(28)13-34)16-7-23(38-3)26(24(8-16)39-4)41(35,36)33-27-18-9-22(37-2)20(10-21(18)40-32-27)29-25-11-19(30-31-25)15-5-6-15/h7-11,14-15,17H,5-6,12-13H2,1-4H3,(H,32,33)(H2,29,30,31). The van der Waals surface area contributed by atoms with Crippen LogP contribution in [0.4, 0.5) is 21.7 Å². The molecule has 41 heavy (non-hydrogen) atoms. The number of hydrogen-bond acceptors (Lipinski definition) is 10. The molecule has 0 radical (unpaired) electrons. The second kappa shape index (κ2) is 10.4. The summed E-state index contributed by atoms with van der Waals surface area (Å²) in [6.45, 7) is 2.55. The minimum atomic E-state index is -4.27. The quantitative estimate of drug-likeness (QED) is 0.226. The van der Waals surface area contributed by atoms with E-state index in [4.69, 9.17) is 18.7 Å². The van der Waals surface area contributed by atoms with E-state index in [0.717, 1.165) is 24.1 Å². The zero-order valence-corrected chi connectivity index (χ0v) is 23.8. The number of halogens is 1. The van der Waals surface area contributed by atoms with Gasteiger partial charge in [0.15, 0.2) is 16.3 Å². The van der Waals surface area contributed by atoms with Crippen LogP contribution in [0.15, 0.2) is 39.8 Å². The fraction of sp³-hybridized carbons (Fsp3) is 0.407. The number of alkyl halides is 1. The van der Waals surface area contributed by atoms with Gasteiger partial charge < -0.3 is 24.1 Å². The number of aromatic nitrogens is 3. The molecular formula is C27H31FN6O6S. The summed E-state index contributed by atoms with van der Waals surface area (Å²) in [7, 11) is -0.00120. The van der Waals surface area contributed by atoms with Crippen molar-refractivity contribution in [3.63, 3.8) is 0 Å². The van der Waals surface area contributed by atoms with Crippen molar-refractivity contribution in [2.75, 3.05) is 44.5 Å². The third-order valence-corrected chi connectivity index (χ3v) is 8.93. The molecule has 1 aliphatic carbocycles. The second-order valence-corrected chi connectivity index (χ2v) is 11.9. The van der Waals surface area contributed by atoms with Crippen LogP contribution < -0.4 is 24.2 Å². The predicted octanol–water partition coefficient (Wildman–Crippen LogP) is 4.71. The average Bonchev–Trinajstić information content (AvgIpc) is 3.59. The van der Waals surface area contributed by atoms with E-state index in [9.17, 15) is 12.8 Å². The molecule has 1 atom stereocenters. The Balaban J connectivity index is 1.30. The van der Waals surface area contributed by atoms with Crippen molar-refractivity contribution in [3.05, 3.63) is 41.6 Å². The van der Waals surface area contributed by atoms with Crippen molar-refractivity contribution in [1.29, 1.82) is 0 Å². The third-order valence-electron chi connectivity index (χ3n) is 7.53. The van der Waals surface area contributed by atoms with Gasteiger partial charge in [-0.2, -0.15) is 5.10 Å². The summed E-state index contributed by atoms with van der Waals surface area (Å²) in [6, 6.07) is 8.35. The first-order valence-corrected chi connectivity index (χ1v) is 14.7. The Morgan fingerprint density at radius 3 is 2.34 bits per heavy atom. The minimum Gasteiger partial charge on any atom is -0.495 e. The monoisotopic (exact) mass is 586 g/mol. The van der Waals surface area contributed by atoms with Gasteiger partial charge in [0.1, 0.15) is 29.2 Å². The number of likely N-dealkylation sites (tertiary alicyclic amines) is 1. The molecule has 2 aromatic heterocycles. The van der Waals surface area contributed by atoms with E-state index in [0.29, 0.717) is 47.2 Å². The van der Waals surface area contributed by atoms with Gasteiger partial charge in [0.05, 0.1) is 38.1 Å². The summed E-state index contributed by atoms with van der Waals surface area (Å²) in [6.07, 6.45) is 1.41. The van der Waals surface area contributed by atoms with Crippen LogP contribution >= 0.6 is 0 Å². The van der Waals surface area contributed by atoms with Gasteiger partial charge in [-0.1, -0.05) is 5.16 Å². The summed E-state index contributed by atoms with van der Waals surface area (Å²) in [5.41, 5.74) is 2.66. The van der Waals surface area contributed by atoms with Gasteiger partial charge in [0.25, 0.3) is 10.0 Å². The summed E-state index contributed by atoms with van der Waals surface area (Å²) in [5.74, 6) is 1.77. The van der Waals surface area contributed by atoms with E-state index < -0.39 is 16.2 Å². The van der Waals surface area contributed by atoms with E-state index in [1.165, 1.54) is 21.3 Å². The number of methoxy groups -OCH3 is 3. The zero-order valence-electron chi connectivity index (χ0n) is 23.0. The maximum absolute atomic E-state index is 13.7. The number of benzene rings is 2. The number of anilines is 3. The van der Waals surface area contributed by atoms with Crippen LogP contribution in [0.25, 0.3) is 11.0 Å². The van der Waals surface area contributed by atoms with Crippen LogP contribution in [0, 0.1) is 0 Å². The first-order chi connectivity index (χ1) is 19.7. The maximum atomic E-state index is 13.7. The number of hydrogen-bond donors (Lipinski definition) is 3. The molecule has 0 amide bonds. The Morgan fingerprint density at radius 2 is 1.73 bits per heavy atom. The summed E-state index contributed by atoms with van der Waals surface area (Å²) >= 11 is 0. The van der Waals surface area contributed by atoms with Crippen molar-refractivity contribution in [3.8, 4) is 17.2 Å². The van der Waals surface area contributed by atoms with Gasteiger partial charge in [-0.15, -0.1) is 0 Å². The fourth-order valence-corrected chi connectivity index (χ4v) is 6.32. The molecule has 4 aromatic rings. The van der Waals surface area contributed by atoms with Crippen molar-refractivity contribution < 1.29 is 31.5 Å². The Bertz CT molecular complexity index is 1670. The number of nitrogens with one attached hydrogen (secondary N) is 3. The molecule has 3 N–H and O–H groups in total. The van der Waals surface area contributed by atoms with Gasteiger partial charge in [0.2, 0.25) is 0 Å². The van der Waals surface area contributed by atoms with Gasteiger partial charge in [-0.3, -0.25) is 14.7 Å². The van der Waals surface area contributed by atoms with Gasteiger partial charge in [0, 0.05) is 37.2 Å². The molecule has 3 heterocycles. The molecule has 218 valence electrons. The number of sulfonamides is 1. The lowest BCUT2D eigenvalue weighted by molar-refractivity contribution is 0.0329. The first-order valence-electron chi connectivity index (χ1n) is 13.2. The number of H-pyrrole nitrogens is 1. The lowest BCUT2D eigenvalue weighted by Gasteiger charge is -2.39. The van der Waals surface area contributed by atoms with Gasteiger partial charge in [-0.05, 0) is 43.5 Å². The molecule has 6 rings (SSSR count). The number of ether oxygens (including phenoxy) is 3. The van der Waals surface area contributed by atoms with Crippen LogP contribution in [0.2, 0.25) is 0 Å². The Kier molecular flexibility index (Phi) is 6.90. The number of fused-ring (bicyclic) bond motifs is 1. The van der Waals surface area contributed by atoms with E-state index in [2.05, 4.69) is 25.4 Å². The lowest BCUT2D eigenvalue weighted by atomic mass is 10.0. The molecule has 2 aliphatic rings. The van der Waals surface area contributed by atoms with Gasteiger partial charge >= 0.3 is 0 Å². The minimum absolute atomic E-state index is 0.0291. The van der Waals surface area contributed by atoms with E-state index >= 15 is 0 Å². The summed E-state index contributed by atoms with van der Waals surface area (Å²) in [5, 5.41) is 14.9. The summed E-state index contributed by atoms with van der Waals surface area (Å²) < 4.78 is 65.3. The van der Waals surface area contributed by atoms with Gasteiger partial charge in [-0.25, -0.2) is 12.8 Å². The summed E-state index contributed by atoms with van der Waals surface area (Å²) in [4.78, 5) is 1.75. The smallest absolute Gasteiger partial charge is 0.270 e. The molecular weight excluding hydrogens is 555 g/mol. The maximum Gasteiger partial charge on any atom is 0.270 e. The molecule has 2 aromatic carbocycles. The molecule has 0 spiro atoms. The van der Waals surface area contributed by atoms with Crippen LogP contribution in [0.1, 0.15) is 43.0 Å². The normalized spacial score (nSPS) is 16.8. The third kappa shape index (κ3) is 5.12.